The molecule has 0 fully saturated rings. The second kappa shape index (κ2) is 3.71. The molecule has 10 heavy (non-hydrogen) atoms. The Bertz CT molecular complexity index is 151. The molecule has 2 heteroatoms. The number of rotatable bonds is 1. The molecule has 1 rings (SSSR count). The van der Waals surface area contributed by atoms with E-state index in [9.17, 15) is 0 Å². The summed E-state index contributed by atoms with van der Waals surface area (Å²) in [4.78, 5) is 0.900. The summed E-state index contributed by atoms with van der Waals surface area (Å²) in [5, 5.41) is 3.23. The highest BCUT2D eigenvalue weighted by atomic mass is 32.1. The third kappa shape index (κ3) is 2.48. The minimum atomic E-state index is 0.506. The quantitative estimate of drug-likeness (QED) is 0.459. The van der Waals surface area contributed by atoms with Gasteiger partial charge < -0.3 is 5.32 Å². The molecule has 0 radical (unpaired) electrons. The SMILES string of the molecule is CC(=S)NC1C=CCCC1. The van der Waals surface area contributed by atoms with Gasteiger partial charge in [0.25, 0.3) is 0 Å². The molecule has 0 saturated heterocycles. The van der Waals surface area contributed by atoms with Crippen LogP contribution >= 0.6 is 12.2 Å². The number of thiocarbonyl (C=S) groups is 1. The second-order valence-electron chi connectivity index (χ2n) is 2.67. The maximum absolute atomic E-state index is 4.93. The van der Waals surface area contributed by atoms with Crippen LogP contribution in [0.4, 0.5) is 0 Å². The Kier molecular flexibility index (Phi) is 2.87. The van der Waals surface area contributed by atoms with Crippen LogP contribution in [0.2, 0.25) is 0 Å². The Morgan fingerprint density at radius 2 is 2.50 bits per heavy atom. The summed E-state index contributed by atoms with van der Waals surface area (Å²) in [7, 11) is 0. The zero-order valence-electron chi connectivity index (χ0n) is 6.26. The lowest BCUT2D eigenvalue weighted by atomic mass is 10.0. The summed E-state index contributed by atoms with van der Waals surface area (Å²) in [6, 6.07) is 0.506. The van der Waals surface area contributed by atoms with Crippen molar-refractivity contribution < 1.29 is 0 Å². The first kappa shape index (κ1) is 7.73. The zero-order chi connectivity index (χ0) is 7.40. The average molecular weight is 155 g/mol. The monoisotopic (exact) mass is 155 g/mol. The predicted octanol–water partition coefficient (Wildman–Crippen LogP) is 2.03. The highest BCUT2D eigenvalue weighted by Crippen LogP contribution is 2.09. The molecule has 1 atom stereocenters. The fourth-order valence-electron chi connectivity index (χ4n) is 1.19. The standard InChI is InChI=1S/C8H13NS/c1-7(10)9-8-5-3-2-4-6-8/h3,5,8H,2,4,6H2,1H3,(H,9,10). The summed E-state index contributed by atoms with van der Waals surface area (Å²) in [5.41, 5.74) is 0. The van der Waals surface area contributed by atoms with E-state index in [1.165, 1.54) is 19.3 Å². The Morgan fingerprint density at radius 1 is 1.70 bits per heavy atom. The molecule has 1 aliphatic carbocycles. The van der Waals surface area contributed by atoms with Gasteiger partial charge in [0.1, 0.15) is 0 Å². The topological polar surface area (TPSA) is 12.0 Å². The van der Waals surface area contributed by atoms with Crippen LogP contribution in [0.1, 0.15) is 26.2 Å². The Morgan fingerprint density at radius 3 is 3.00 bits per heavy atom. The molecule has 1 aliphatic rings. The summed E-state index contributed by atoms with van der Waals surface area (Å²) in [6.45, 7) is 1.93. The smallest absolute Gasteiger partial charge is 0.0726 e. The van der Waals surface area contributed by atoms with Crippen molar-refractivity contribution in [2.75, 3.05) is 0 Å². The molecule has 0 spiro atoms. The van der Waals surface area contributed by atoms with E-state index in [4.69, 9.17) is 12.2 Å². The van der Waals surface area contributed by atoms with E-state index in [1.54, 1.807) is 0 Å². The third-order valence-corrected chi connectivity index (χ3v) is 1.76. The van der Waals surface area contributed by atoms with Crippen LogP contribution in [0, 0.1) is 0 Å². The Hall–Kier alpha value is -0.370. The average Bonchev–Trinajstić information content (AvgIpc) is 1.88. The van der Waals surface area contributed by atoms with Crippen molar-refractivity contribution >= 4 is 17.2 Å². The number of nitrogens with one attached hydrogen (secondary N) is 1. The first-order valence-electron chi connectivity index (χ1n) is 3.73. The van der Waals surface area contributed by atoms with Gasteiger partial charge in [-0.1, -0.05) is 24.4 Å². The van der Waals surface area contributed by atoms with Gasteiger partial charge >= 0.3 is 0 Å². The van der Waals surface area contributed by atoms with Gasteiger partial charge in [0.2, 0.25) is 0 Å². The lowest BCUT2D eigenvalue weighted by Crippen LogP contribution is -2.31. The van der Waals surface area contributed by atoms with Crippen molar-refractivity contribution in [2.24, 2.45) is 0 Å². The van der Waals surface area contributed by atoms with E-state index < -0.39 is 0 Å². The molecule has 0 aliphatic heterocycles. The molecule has 1 unspecified atom stereocenters. The minimum absolute atomic E-state index is 0.506. The van der Waals surface area contributed by atoms with Crippen LogP contribution in [0.5, 0.6) is 0 Å². The lowest BCUT2D eigenvalue weighted by molar-refractivity contribution is 0.602. The molecule has 0 aromatic carbocycles. The zero-order valence-corrected chi connectivity index (χ0v) is 7.08. The summed E-state index contributed by atoms with van der Waals surface area (Å²) >= 11 is 4.93. The fraction of sp³-hybridized carbons (Fsp3) is 0.625. The summed E-state index contributed by atoms with van der Waals surface area (Å²) < 4.78 is 0. The van der Waals surface area contributed by atoms with E-state index in [1.807, 2.05) is 6.92 Å². The molecule has 1 nitrogen and oxygen atoms in total. The van der Waals surface area contributed by atoms with Crippen LogP contribution in [-0.4, -0.2) is 11.0 Å². The van der Waals surface area contributed by atoms with Gasteiger partial charge in [-0.15, -0.1) is 0 Å². The Labute approximate surface area is 67.5 Å². The largest absolute Gasteiger partial charge is 0.374 e. The normalized spacial score (nSPS) is 24.3. The summed E-state index contributed by atoms with van der Waals surface area (Å²) in [6.07, 6.45) is 8.18. The van der Waals surface area contributed by atoms with Gasteiger partial charge in [-0.05, 0) is 26.2 Å². The van der Waals surface area contributed by atoms with Crippen LogP contribution < -0.4 is 5.32 Å². The Balaban J connectivity index is 2.33. The first-order valence-corrected chi connectivity index (χ1v) is 4.13. The molecule has 0 saturated carbocycles. The number of hydrogen-bond acceptors (Lipinski definition) is 1. The maximum Gasteiger partial charge on any atom is 0.0726 e. The molecule has 0 aromatic rings. The van der Waals surface area contributed by atoms with Crippen molar-refractivity contribution in [3.63, 3.8) is 0 Å². The van der Waals surface area contributed by atoms with Gasteiger partial charge in [0.15, 0.2) is 0 Å². The van der Waals surface area contributed by atoms with Crippen molar-refractivity contribution in [1.82, 2.24) is 5.32 Å². The van der Waals surface area contributed by atoms with Crippen molar-refractivity contribution in [3.05, 3.63) is 12.2 Å². The molecular weight excluding hydrogens is 142 g/mol. The second-order valence-corrected chi connectivity index (χ2v) is 3.28. The van der Waals surface area contributed by atoms with Crippen LogP contribution in [-0.2, 0) is 0 Å². The predicted molar refractivity (Wildman–Crippen MR) is 48.2 cm³/mol. The highest BCUT2D eigenvalue weighted by Gasteiger charge is 2.06. The molecular formula is C8H13NS. The van der Waals surface area contributed by atoms with Crippen molar-refractivity contribution in [3.8, 4) is 0 Å². The fourth-order valence-corrected chi connectivity index (χ4v) is 1.35. The molecule has 0 amide bonds. The number of allylic oxidation sites excluding steroid dienone is 1. The van der Waals surface area contributed by atoms with E-state index in [0.29, 0.717) is 6.04 Å². The third-order valence-electron chi connectivity index (χ3n) is 1.64. The van der Waals surface area contributed by atoms with Crippen molar-refractivity contribution in [2.45, 2.75) is 32.2 Å². The summed E-state index contributed by atoms with van der Waals surface area (Å²) in [5.74, 6) is 0. The minimum Gasteiger partial charge on any atom is -0.374 e. The van der Waals surface area contributed by atoms with Gasteiger partial charge in [0.05, 0.1) is 4.99 Å². The van der Waals surface area contributed by atoms with E-state index in [-0.39, 0.29) is 0 Å². The van der Waals surface area contributed by atoms with Crippen molar-refractivity contribution in [1.29, 1.82) is 0 Å². The highest BCUT2D eigenvalue weighted by molar-refractivity contribution is 7.80. The van der Waals surface area contributed by atoms with E-state index in [2.05, 4.69) is 17.5 Å². The molecule has 0 aromatic heterocycles. The lowest BCUT2D eigenvalue weighted by Gasteiger charge is -2.17. The first-order chi connectivity index (χ1) is 4.79. The van der Waals surface area contributed by atoms with Gasteiger partial charge in [-0.2, -0.15) is 0 Å². The maximum atomic E-state index is 4.93. The molecule has 56 valence electrons. The number of hydrogen-bond donors (Lipinski definition) is 1. The van der Waals surface area contributed by atoms with Gasteiger partial charge in [-0.3, -0.25) is 0 Å². The van der Waals surface area contributed by atoms with Crippen LogP contribution in [0.15, 0.2) is 12.2 Å². The van der Waals surface area contributed by atoms with Crippen LogP contribution in [0.25, 0.3) is 0 Å². The van der Waals surface area contributed by atoms with Gasteiger partial charge in [0, 0.05) is 6.04 Å². The molecule has 0 heterocycles. The van der Waals surface area contributed by atoms with E-state index in [0.717, 1.165) is 4.99 Å². The molecule has 1 N–H and O–H groups in total. The van der Waals surface area contributed by atoms with Crippen LogP contribution in [0.3, 0.4) is 0 Å². The van der Waals surface area contributed by atoms with Gasteiger partial charge in [-0.25, -0.2) is 0 Å². The van der Waals surface area contributed by atoms with E-state index >= 15 is 0 Å². The molecule has 0 bridgehead atoms.